The molecular formula is C21H23N5O3. The lowest BCUT2D eigenvalue weighted by Crippen LogP contribution is -2.33. The molecule has 0 spiro atoms. The SMILES string of the molecule is CCN(Cc1ccc2c(c1)OCCO2)C(=O)Cn1nnc(-c2ccc(C)cc2)n1. The summed E-state index contributed by atoms with van der Waals surface area (Å²) in [5.74, 6) is 1.89. The Kier molecular flexibility index (Phi) is 5.41. The highest BCUT2D eigenvalue weighted by atomic mass is 16.6. The number of benzene rings is 2. The summed E-state index contributed by atoms with van der Waals surface area (Å²) in [5.41, 5.74) is 3.02. The van der Waals surface area contributed by atoms with Crippen LogP contribution in [0.4, 0.5) is 0 Å². The molecule has 1 aliphatic rings. The van der Waals surface area contributed by atoms with E-state index in [9.17, 15) is 4.79 Å². The van der Waals surface area contributed by atoms with Gasteiger partial charge in [0.2, 0.25) is 11.7 Å². The van der Waals surface area contributed by atoms with Crippen LogP contribution in [0.15, 0.2) is 42.5 Å². The minimum Gasteiger partial charge on any atom is -0.486 e. The highest BCUT2D eigenvalue weighted by Crippen LogP contribution is 2.31. The molecule has 1 amide bonds. The number of rotatable bonds is 6. The second-order valence-electron chi connectivity index (χ2n) is 6.90. The first-order valence-corrected chi connectivity index (χ1v) is 9.63. The molecule has 4 rings (SSSR count). The summed E-state index contributed by atoms with van der Waals surface area (Å²) in [6.07, 6.45) is 0. The lowest BCUT2D eigenvalue weighted by Gasteiger charge is -2.23. The van der Waals surface area contributed by atoms with Crippen molar-refractivity contribution >= 4 is 5.91 Å². The second-order valence-corrected chi connectivity index (χ2v) is 6.90. The van der Waals surface area contributed by atoms with Crippen LogP contribution in [0.1, 0.15) is 18.1 Å². The van der Waals surface area contributed by atoms with Crippen molar-refractivity contribution in [1.29, 1.82) is 0 Å². The van der Waals surface area contributed by atoms with Crippen molar-refractivity contribution in [2.45, 2.75) is 26.9 Å². The van der Waals surface area contributed by atoms with E-state index in [0.717, 1.165) is 28.2 Å². The number of carbonyl (C=O) groups excluding carboxylic acids is 1. The van der Waals surface area contributed by atoms with E-state index in [2.05, 4.69) is 15.4 Å². The monoisotopic (exact) mass is 393 g/mol. The van der Waals surface area contributed by atoms with Crippen LogP contribution in [0.25, 0.3) is 11.4 Å². The van der Waals surface area contributed by atoms with Crippen LogP contribution in [-0.2, 0) is 17.9 Å². The van der Waals surface area contributed by atoms with E-state index in [1.54, 1.807) is 4.90 Å². The predicted molar refractivity (Wildman–Crippen MR) is 107 cm³/mol. The molecule has 8 heteroatoms. The number of nitrogens with zero attached hydrogens (tertiary/aromatic N) is 5. The largest absolute Gasteiger partial charge is 0.486 e. The topological polar surface area (TPSA) is 82.4 Å². The fraction of sp³-hybridized carbons (Fsp3) is 0.333. The van der Waals surface area contributed by atoms with Crippen LogP contribution in [0.2, 0.25) is 0 Å². The Hall–Kier alpha value is -3.42. The Bertz CT molecular complexity index is 1000. The lowest BCUT2D eigenvalue weighted by molar-refractivity contribution is -0.132. The van der Waals surface area contributed by atoms with Crippen LogP contribution in [0.5, 0.6) is 11.5 Å². The first kappa shape index (κ1) is 18.9. The molecular weight excluding hydrogens is 370 g/mol. The van der Waals surface area contributed by atoms with Crippen molar-refractivity contribution < 1.29 is 14.3 Å². The predicted octanol–water partition coefficient (Wildman–Crippen LogP) is 2.47. The number of tetrazole rings is 1. The molecule has 0 fully saturated rings. The summed E-state index contributed by atoms with van der Waals surface area (Å²) >= 11 is 0. The minimum atomic E-state index is -0.0738. The number of likely N-dealkylation sites (N-methyl/N-ethyl adjacent to an activating group) is 1. The number of carbonyl (C=O) groups is 1. The molecule has 0 bridgehead atoms. The molecule has 0 atom stereocenters. The van der Waals surface area contributed by atoms with Gasteiger partial charge in [0.05, 0.1) is 0 Å². The summed E-state index contributed by atoms with van der Waals surface area (Å²) in [5, 5.41) is 12.4. The van der Waals surface area contributed by atoms with Crippen molar-refractivity contribution in [1.82, 2.24) is 25.1 Å². The quantitative estimate of drug-likeness (QED) is 0.640. The number of aryl methyl sites for hydroxylation is 1. The number of ether oxygens (including phenoxy) is 2. The van der Waals surface area contributed by atoms with Gasteiger partial charge in [-0.05, 0) is 36.8 Å². The summed E-state index contributed by atoms with van der Waals surface area (Å²) in [4.78, 5) is 15.9. The van der Waals surface area contributed by atoms with Gasteiger partial charge < -0.3 is 14.4 Å². The normalized spacial score (nSPS) is 12.6. The molecule has 0 radical (unpaired) electrons. The standard InChI is InChI=1S/C21H23N5O3/c1-3-25(13-16-6-9-18-19(12-16)29-11-10-28-18)20(27)14-26-23-21(22-24-26)17-7-4-15(2)5-8-17/h4-9,12H,3,10-11,13-14H2,1-2H3. The minimum absolute atomic E-state index is 0.0389. The highest BCUT2D eigenvalue weighted by Gasteiger charge is 2.17. The van der Waals surface area contributed by atoms with Crippen molar-refractivity contribution in [3.05, 3.63) is 53.6 Å². The zero-order chi connectivity index (χ0) is 20.2. The fourth-order valence-corrected chi connectivity index (χ4v) is 3.13. The van der Waals surface area contributed by atoms with Crippen LogP contribution < -0.4 is 9.47 Å². The summed E-state index contributed by atoms with van der Waals surface area (Å²) in [7, 11) is 0. The third kappa shape index (κ3) is 4.37. The molecule has 0 aliphatic carbocycles. The average molecular weight is 393 g/mol. The van der Waals surface area contributed by atoms with Crippen molar-refractivity contribution in [3.63, 3.8) is 0 Å². The maximum Gasteiger partial charge on any atom is 0.246 e. The molecule has 8 nitrogen and oxygen atoms in total. The number of aromatic nitrogens is 4. The highest BCUT2D eigenvalue weighted by molar-refractivity contribution is 5.75. The molecule has 2 heterocycles. The fourth-order valence-electron chi connectivity index (χ4n) is 3.13. The second kappa shape index (κ2) is 8.30. The zero-order valence-corrected chi connectivity index (χ0v) is 16.5. The molecule has 0 saturated carbocycles. The van der Waals surface area contributed by atoms with E-state index in [0.29, 0.717) is 32.1 Å². The third-order valence-corrected chi connectivity index (χ3v) is 4.75. The van der Waals surface area contributed by atoms with Crippen LogP contribution in [0, 0.1) is 6.92 Å². The Morgan fingerprint density at radius 3 is 2.62 bits per heavy atom. The zero-order valence-electron chi connectivity index (χ0n) is 16.5. The first-order valence-electron chi connectivity index (χ1n) is 9.63. The molecule has 150 valence electrons. The number of amides is 1. The van der Waals surface area contributed by atoms with Gasteiger partial charge in [-0.15, -0.1) is 10.2 Å². The Labute approximate surface area is 169 Å². The molecule has 29 heavy (non-hydrogen) atoms. The summed E-state index contributed by atoms with van der Waals surface area (Å²) in [6.45, 7) is 6.15. The summed E-state index contributed by atoms with van der Waals surface area (Å²) in [6, 6.07) is 13.6. The van der Waals surface area contributed by atoms with Gasteiger partial charge in [0.15, 0.2) is 11.5 Å². The molecule has 2 aromatic carbocycles. The van der Waals surface area contributed by atoms with Gasteiger partial charge in [-0.1, -0.05) is 35.9 Å². The maximum atomic E-state index is 12.8. The van der Waals surface area contributed by atoms with E-state index in [-0.39, 0.29) is 12.5 Å². The van der Waals surface area contributed by atoms with Gasteiger partial charge in [-0.2, -0.15) is 4.80 Å². The van der Waals surface area contributed by atoms with E-state index in [4.69, 9.17) is 9.47 Å². The van der Waals surface area contributed by atoms with E-state index in [1.807, 2.05) is 56.3 Å². The molecule has 0 saturated heterocycles. The van der Waals surface area contributed by atoms with Gasteiger partial charge in [0.1, 0.15) is 19.8 Å². The van der Waals surface area contributed by atoms with Crippen LogP contribution in [-0.4, -0.2) is 50.8 Å². The Balaban J connectivity index is 1.42. The smallest absolute Gasteiger partial charge is 0.246 e. The van der Waals surface area contributed by atoms with E-state index >= 15 is 0 Å². The Morgan fingerprint density at radius 2 is 1.86 bits per heavy atom. The molecule has 1 aliphatic heterocycles. The van der Waals surface area contributed by atoms with Crippen LogP contribution in [0.3, 0.4) is 0 Å². The number of hydrogen-bond acceptors (Lipinski definition) is 6. The average Bonchev–Trinajstić information content (AvgIpc) is 3.20. The van der Waals surface area contributed by atoms with Crippen molar-refractivity contribution in [2.24, 2.45) is 0 Å². The van der Waals surface area contributed by atoms with Gasteiger partial charge >= 0.3 is 0 Å². The van der Waals surface area contributed by atoms with Gasteiger partial charge in [0, 0.05) is 18.7 Å². The van der Waals surface area contributed by atoms with Gasteiger partial charge in [-0.25, -0.2) is 0 Å². The van der Waals surface area contributed by atoms with Crippen LogP contribution >= 0.6 is 0 Å². The van der Waals surface area contributed by atoms with E-state index in [1.165, 1.54) is 4.80 Å². The van der Waals surface area contributed by atoms with Gasteiger partial charge in [0.25, 0.3) is 0 Å². The molecule has 0 N–H and O–H groups in total. The molecule has 3 aromatic rings. The molecule has 0 unspecified atom stereocenters. The maximum absolute atomic E-state index is 12.8. The van der Waals surface area contributed by atoms with Crippen molar-refractivity contribution in [2.75, 3.05) is 19.8 Å². The van der Waals surface area contributed by atoms with E-state index < -0.39 is 0 Å². The lowest BCUT2D eigenvalue weighted by atomic mass is 10.1. The third-order valence-electron chi connectivity index (χ3n) is 4.75. The number of fused-ring (bicyclic) bond motifs is 1. The Morgan fingerprint density at radius 1 is 1.10 bits per heavy atom. The summed E-state index contributed by atoms with van der Waals surface area (Å²) < 4.78 is 11.2. The first-order chi connectivity index (χ1) is 14.1. The molecule has 1 aromatic heterocycles. The number of hydrogen-bond donors (Lipinski definition) is 0. The van der Waals surface area contributed by atoms with Gasteiger partial charge in [-0.3, -0.25) is 4.79 Å². The van der Waals surface area contributed by atoms with Crippen molar-refractivity contribution in [3.8, 4) is 22.9 Å².